The predicted octanol–water partition coefficient (Wildman–Crippen LogP) is 12.7. The number of aromatic nitrogens is 3. The normalized spacial score (nSPS) is 11.1. The molecule has 8 aromatic carbocycles. The van der Waals surface area contributed by atoms with Gasteiger partial charge in [-0.05, 0) is 67.1 Å². The zero-order valence-electron chi connectivity index (χ0n) is 28.1. The molecule has 0 bridgehead atoms. The summed E-state index contributed by atoms with van der Waals surface area (Å²) in [5.74, 6) is 1.94. The van der Waals surface area contributed by atoms with Gasteiger partial charge in [0.15, 0.2) is 23.2 Å². The molecular formula is C48H30N4. The van der Waals surface area contributed by atoms with Gasteiger partial charge < -0.3 is 0 Å². The minimum Gasteiger partial charge on any atom is -0.238 e. The summed E-state index contributed by atoms with van der Waals surface area (Å²) in [4.78, 5) is 18.2. The van der Waals surface area contributed by atoms with E-state index in [9.17, 15) is 0 Å². The molecule has 0 saturated heterocycles. The largest absolute Gasteiger partial charge is 0.238 e. The fourth-order valence-electron chi connectivity index (χ4n) is 6.86. The Morgan fingerprint density at radius 3 is 1.31 bits per heavy atom. The molecular weight excluding hydrogens is 633 g/mol. The molecule has 0 fully saturated rings. The van der Waals surface area contributed by atoms with Crippen molar-refractivity contribution in [1.82, 2.24) is 15.0 Å². The van der Waals surface area contributed by atoms with Crippen LogP contribution in [0.1, 0.15) is 0 Å². The first kappa shape index (κ1) is 30.8. The Kier molecular flexibility index (Phi) is 7.85. The summed E-state index contributed by atoms with van der Waals surface area (Å²) >= 11 is 0. The molecule has 0 N–H and O–H groups in total. The number of benzene rings is 8. The van der Waals surface area contributed by atoms with Gasteiger partial charge in [-0.15, -0.1) is 0 Å². The summed E-state index contributed by atoms with van der Waals surface area (Å²) < 4.78 is 0. The lowest BCUT2D eigenvalue weighted by molar-refractivity contribution is 1.07. The zero-order chi connectivity index (χ0) is 34.9. The molecule has 9 aromatic rings. The molecule has 1 aromatic heterocycles. The Labute approximate surface area is 302 Å². The molecule has 0 aliphatic rings. The second-order valence-electron chi connectivity index (χ2n) is 12.8. The Morgan fingerprint density at radius 1 is 0.327 bits per heavy atom. The molecule has 4 nitrogen and oxygen atoms in total. The molecule has 0 amide bonds. The van der Waals surface area contributed by atoms with Crippen molar-refractivity contribution in [3.05, 3.63) is 193 Å². The van der Waals surface area contributed by atoms with Crippen LogP contribution in [-0.2, 0) is 0 Å². The molecule has 0 radical (unpaired) electrons. The average Bonchev–Trinajstić information content (AvgIpc) is 3.23. The molecule has 52 heavy (non-hydrogen) atoms. The Bertz CT molecular complexity index is 2710. The van der Waals surface area contributed by atoms with Gasteiger partial charge in [-0.25, -0.2) is 19.8 Å². The number of nitrogens with zero attached hydrogens (tertiary/aromatic N) is 4. The maximum atomic E-state index is 7.32. The van der Waals surface area contributed by atoms with Crippen LogP contribution in [0.3, 0.4) is 0 Å². The van der Waals surface area contributed by atoms with E-state index in [0.717, 1.165) is 38.9 Å². The molecule has 242 valence electrons. The molecule has 0 atom stereocenters. The van der Waals surface area contributed by atoms with E-state index >= 15 is 0 Å². The summed E-state index contributed by atoms with van der Waals surface area (Å²) in [5, 5.41) is 4.76. The lowest BCUT2D eigenvalue weighted by atomic mass is 9.91. The van der Waals surface area contributed by atoms with Crippen molar-refractivity contribution in [3.63, 3.8) is 0 Å². The van der Waals surface area contributed by atoms with Crippen LogP contribution in [0.25, 0.3) is 93.9 Å². The quantitative estimate of drug-likeness (QED) is 0.166. The second-order valence-corrected chi connectivity index (χ2v) is 12.8. The van der Waals surface area contributed by atoms with Crippen LogP contribution < -0.4 is 0 Å². The first-order chi connectivity index (χ1) is 25.7. The van der Waals surface area contributed by atoms with Crippen molar-refractivity contribution >= 4 is 27.2 Å². The van der Waals surface area contributed by atoms with Crippen molar-refractivity contribution in [2.75, 3.05) is 0 Å². The van der Waals surface area contributed by atoms with Gasteiger partial charge in [-0.1, -0.05) is 170 Å². The highest BCUT2D eigenvalue weighted by Crippen LogP contribution is 2.38. The van der Waals surface area contributed by atoms with Crippen molar-refractivity contribution in [2.45, 2.75) is 0 Å². The standard InChI is InChI=1S/C48H30N4/c1-49-41-26-24-34(25-27-41)42-28-29-43(45-15-9-8-14-44(42)45)39-23-19-33-18-22-38(30-40(33)31-39)32-16-20-37(21-17-32)48-51-46(35-10-4-2-5-11-35)50-47(52-48)36-12-6-3-7-13-36/h2-31H. The molecule has 1 heterocycles. The monoisotopic (exact) mass is 662 g/mol. The van der Waals surface area contributed by atoms with Gasteiger partial charge in [0.05, 0.1) is 6.57 Å². The minimum absolute atomic E-state index is 0.640. The topological polar surface area (TPSA) is 43.0 Å². The van der Waals surface area contributed by atoms with E-state index in [1.165, 1.54) is 32.7 Å². The van der Waals surface area contributed by atoms with Crippen molar-refractivity contribution in [2.24, 2.45) is 0 Å². The van der Waals surface area contributed by atoms with E-state index in [2.05, 4.69) is 102 Å². The van der Waals surface area contributed by atoms with Gasteiger partial charge in [0.1, 0.15) is 0 Å². The van der Waals surface area contributed by atoms with Crippen LogP contribution >= 0.6 is 0 Å². The van der Waals surface area contributed by atoms with Crippen molar-refractivity contribution < 1.29 is 0 Å². The fourth-order valence-corrected chi connectivity index (χ4v) is 6.86. The second kappa shape index (κ2) is 13.2. The van der Waals surface area contributed by atoms with Gasteiger partial charge in [0.2, 0.25) is 0 Å². The molecule has 9 rings (SSSR count). The smallest absolute Gasteiger partial charge is 0.187 e. The lowest BCUT2D eigenvalue weighted by Crippen LogP contribution is -2.00. The van der Waals surface area contributed by atoms with Crippen LogP contribution in [0.5, 0.6) is 0 Å². The molecule has 0 aliphatic carbocycles. The van der Waals surface area contributed by atoms with E-state index in [-0.39, 0.29) is 0 Å². The minimum atomic E-state index is 0.640. The summed E-state index contributed by atoms with van der Waals surface area (Å²) in [6.07, 6.45) is 0. The first-order valence-electron chi connectivity index (χ1n) is 17.2. The van der Waals surface area contributed by atoms with Gasteiger partial charge in [0.25, 0.3) is 0 Å². The Balaban J connectivity index is 1.06. The van der Waals surface area contributed by atoms with Crippen molar-refractivity contribution in [1.29, 1.82) is 0 Å². The van der Waals surface area contributed by atoms with Crippen LogP contribution in [0.2, 0.25) is 0 Å². The number of fused-ring (bicyclic) bond motifs is 2. The van der Waals surface area contributed by atoms with Gasteiger partial charge >= 0.3 is 0 Å². The third kappa shape index (κ3) is 5.87. The number of hydrogen-bond donors (Lipinski definition) is 0. The Hall–Kier alpha value is -7.22. The van der Waals surface area contributed by atoms with Crippen LogP contribution in [0, 0.1) is 6.57 Å². The average molecular weight is 663 g/mol. The Morgan fingerprint density at radius 2 is 0.750 bits per heavy atom. The van der Waals surface area contributed by atoms with Gasteiger partial charge in [-0.3, -0.25) is 0 Å². The maximum Gasteiger partial charge on any atom is 0.187 e. The van der Waals surface area contributed by atoms with Gasteiger partial charge in [-0.2, -0.15) is 0 Å². The van der Waals surface area contributed by atoms with E-state index in [1.54, 1.807) is 0 Å². The maximum absolute atomic E-state index is 7.32. The van der Waals surface area contributed by atoms with E-state index in [4.69, 9.17) is 21.5 Å². The van der Waals surface area contributed by atoms with Crippen LogP contribution in [0.4, 0.5) is 5.69 Å². The van der Waals surface area contributed by atoms with E-state index in [1.807, 2.05) is 84.9 Å². The summed E-state index contributed by atoms with van der Waals surface area (Å²) in [6, 6.07) is 62.8. The zero-order valence-corrected chi connectivity index (χ0v) is 28.1. The third-order valence-electron chi connectivity index (χ3n) is 9.56. The predicted molar refractivity (Wildman–Crippen MR) is 214 cm³/mol. The van der Waals surface area contributed by atoms with E-state index in [0.29, 0.717) is 23.2 Å². The van der Waals surface area contributed by atoms with E-state index < -0.39 is 0 Å². The summed E-state index contributed by atoms with van der Waals surface area (Å²) in [7, 11) is 0. The molecule has 4 heteroatoms. The third-order valence-corrected chi connectivity index (χ3v) is 9.56. The first-order valence-corrected chi connectivity index (χ1v) is 17.2. The number of rotatable bonds is 6. The summed E-state index contributed by atoms with van der Waals surface area (Å²) in [5.41, 5.74) is 10.4. The lowest BCUT2D eigenvalue weighted by Gasteiger charge is -2.13. The molecule has 0 unspecified atom stereocenters. The van der Waals surface area contributed by atoms with Crippen molar-refractivity contribution in [3.8, 4) is 67.5 Å². The van der Waals surface area contributed by atoms with Crippen LogP contribution in [0.15, 0.2) is 182 Å². The molecule has 0 spiro atoms. The highest BCUT2D eigenvalue weighted by atomic mass is 15.0. The highest BCUT2D eigenvalue weighted by molar-refractivity contribution is 6.06. The van der Waals surface area contributed by atoms with Crippen LogP contribution in [-0.4, -0.2) is 15.0 Å². The molecule has 0 saturated carbocycles. The fraction of sp³-hybridized carbons (Fsp3) is 0. The van der Waals surface area contributed by atoms with Gasteiger partial charge in [0, 0.05) is 16.7 Å². The number of hydrogen-bond acceptors (Lipinski definition) is 3. The highest BCUT2D eigenvalue weighted by Gasteiger charge is 2.14. The SMILES string of the molecule is [C-]#[N+]c1ccc(-c2ccc(-c3ccc4ccc(-c5ccc(-c6nc(-c7ccccc7)nc(-c7ccccc7)n6)cc5)cc4c3)c3ccccc23)cc1. The molecule has 0 aliphatic heterocycles. The summed E-state index contributed by atoms with van der Waals surface area (Å²) in [6.45, 7) is 7.32.